The fraction of sp³-hybridized carbons (Fsp3) is 0.300. The number of aryl methyl sites for hydroxylation is 1. The summed E-state index contributed by atoms with van der Waals surface area (Å²) >= 11 is 0. The van der Waals surface area contributed by atoms with Crippen molar-refractivity contribution in [1.29, 1.82) is 0 Å². The lowest BCUT2D eigenvalue weighted by Gasteiger charge is -2.23. The molecule has 0 unspecified atom stereocenters. The predicted octanol–water partition coefficient (Wildman–Crippen LogP) is 2.29. The molecule has 1 fully saturated rings. The predicted molar refractivity (Wildman–Crippen MR) is 98.5 cm³/mol. The third kappa shape index (κ3) is 3.35. The van der Waals surface area contributed by atoms with E-state index in [4.69, 9.17) is 0 Å². The Kier molecular flexibility index (Phi) is 4.24. The zero-order valence-corrected chi connectivity index (χ0v) is 14.6. The van der Waals surface area contributed by atoms with Crippen LogP contribution in [-0.2, 0) is 17.9 Å². The van der Waals surface area contributed by atoms with Gasteiger partial charge in [-0.25, -0.2) is 4.68 Å². The maximum atomic E-state index is 12.9. The minimum absolute atomic E-state index is 0.0496. The average Bonchev–Trinajstić information content (AvgIpc) is 3.48. The number of amides is 1. The summed E-state index contributed by atoms with van der Waals surface area (Å²) in [6.07, 6.45) is 6.77. The Morgan fingerprint density at radius 1 is 1.19 bits per heavy atom. The first kappa shape index (κ1) is 16.4. The molecule has 2 heterocycles. The molecule has 132 valence electrons. The van der Waals surface area contributed by atoms with E-state index < -0.39 is 0 Å². The van der Waals surface area contributed by atoms with Gasteiger partial charge in [0, 0.05) is 30.4 Å². The number of hydrogen-bond donors (Lipinski definition) is 0. The topological polar surface area (TPSA) is 68.1 Å². The summed E-state index contributed by atoms with van der Waals surface area (Å²) < 4.78 is 1.23. The molecule has 0 spiro atoms. The summed E-state index contributed by atoms with van der Waals surface area (Å²) in [6.45, 7) is 2.56. The smallest absolute Gasteiger partial charge is 0.276 e. The fourth-order valence-electron chi connectivity index (χ4n) is 3.05. The lowest BCUT2D eigenvalue weighted by atomic mass is 10.1. The minimum Gasteiger partial charge on any atom is -0.334 e. The molecule has 0 saturated heterocycles. The van der Waals surface area contributed by atoms with Gasteiger partial charge in [0.1, 0.15) is 6.54 Å². The van der Waals surface area contributed by atoms with E-state index >= 15 is 0 Å². The van der Waals surface area contributed by atoms with Gasteiger partial charge in [0.2, 0.25) is 5.91 Å². The number of aromatic nitrogens is 3. The highest BCUT2D eigenvalue weighted by Gasteiger charge is 2.32. The van der Waals surface area contributed by atoms with E-state index in [2.05, 4.69) is 10.1 Å². The van der Waals surface area contributed by atoms with E-state index in [1.165, 1.54) is 16.4 Å². The van der Waals surface area contributed by atoms with Gasteiger partial charge in [0.15, 0.2) is 0 Å². The molecule has 0 aliphatic heterocycles. The normalized spacial score (nSPS) is 13.7. The Hall–Kier alpha value is -3.02. The zero-order valence-electron chi connectivity index (χ0n) is 14.6. The summed E-state index contributed by atoms with van der Waals surface area (Å²) in [5, 5.41) is 5.36. The van der Waals surface area contributed by atoms with Gasteiger partial charge in [-0.1, -0.05) is 29.8 Å². The van der Waals surface area contributed by atoms with Gasteiger partial charge in [-0.2, -0.15) is 5.10 Å². The number of hydrogen-bond acceptors (Lipinski definition) is 4. The van der Waals surface area contributed by atoms with Crippen molar-refractivity contribution in [2.24, 2.45) is 0 Å². The van der Waals surface area contributed by atoms with Crippen molar-refractivity contribution in [3.05, 3.63) is 70.4 Å². The largest absolute Gasteiger partial charge is 0.334 e. The van der Waals surface area contributed by atoms with Crippen LogP contribution in [-0.4, -0.2) is 31.6 Å². The van der Waals surface area contributed by atoms with E-state index in [1.54, 1.807) is 18.5 Å². The second kappa shape index (κ2) is 6.71. The van der Waals surface area contributed by atoms with E-state index in [1.807, 2.05) is 36.1 Å². The molecule has 4 rings (SSSR count). The Morgan fingerprint density at radius 3 is 2.69 bits per heavy atom. The number of nitrogens with zero attached hydrogens (tertiary/aromatic N) is 4. The zero-order chi connectivity index (χ0) is 18.1. The van der Waals surface area contributed by atoms with Gasteiger partial charge in [0.25, 0.3) is 5.56 Å². The van der Waals surface area contributed by atoms with Crippen LogP contribution in [0.2, 0.25) is 0 Å². The summed E-state index contributed by atoms with van der Waals surface area (Å²) in [5.74, 6) is -0.0779. The van der Waals surface area contributed by atoms with Crippen molar-refractivity contribution >= 4 is 16.7 Å². The van der Waals surface area contributed by atoms with Gasteiger partial charge in [-0.3, -0.25) is 14.6 Å². The van der Waals surface area contributed by atoms with Crippen molar-refractivity contribution in [1.82, 2.24) is 19.7 Å². The summed E-state index contributed by atoms with van der Waals surface area (Å²) in [4.78, 5) is 31.3. The average molecular weight is 348 g/mol. The van der Waals surface area contributed by atoms with Crippen LogP contribution in [0.5, 0.6) is 0 Å². The van der Waals surface area contributed by atoms with Gasteiger partial charge in [-0.15, -0.1) is 0 Å². The molecular formula is C20H20N4O2. The van der Waals surface area contributed by atoms with Crippen molar-refractivity contribution in [2.45, 2.75) is 38.9 Å². The van der Waals surface area contributed by atoms with Gasteiger partial charge < -0.3 is 4.90 Å². The summed E-state index contributed by atoms with van der Waals surface area (Å²) in [5.41, 5.74) is 2.01. The molecule has 0 bridgehead atoms. The second-order valence-electron chi connectivity index (χ2n) is 6.81. The lowest BCUT2D eigenvalue weighted by molar-refractivity contribution is -0.133. The maximum absolute atomic E-state index is 12.9. The van der Waals surface area contributed by atoms with Crippen LogP contribution in [0.1, 0.15) is 24.0 Å². The van der Waals surface area contributed by atoms with Crippen LogP contribution >= 0.6 is 0 Å². The second-order valence-corrected chi connectivity index (χ2v) is 6.81. The third-order valence-electron chi connectivity index (χ3n) is 4.72. The first-order valence-corrected chi connectivity index (χ1v) is 8.77. The minimum atomic E-state index is -0.282. The number of carbonyl (C=O) groups excluding carboxylic acids is 1. The van der Waals surface area contributed by atoms with Crippen molar-refractivity contribution in [2.75, 3.05) is 0 Å². The number of rotatable bonds is 5. The molecule has 0 radical (unpaired) electrons. The Morgan fingerprint density at radius 2 is 1.96 bits per heavy atom. The highest BCUT2D eigenvalue weighted by atomic mass is 16.2. The van der Waals surface area contributed by atoms with E-state index in [-0.39, 0.29) is 24.1 Å². The first-order valence-electron chi connectivity index (χ1n) is 8.77. The SMILES string of the molecule is Cc1ccc(CN(C(=O)Cn2ncc3ccncc3c2=O)C2CC2)cc1. The lowest BCUT2D eigenvalue weighted by Crippen LogP contribution is -2.38. The van der Waals surface area contributed by atoms with E-state index in [9.17, 15) is 9.59 Å². The van der Waals surface area contributed by atoms with Gasteiger partial charge in [0.05, 0.1) is 11.6 Å². The molecule has 1 aliphatic rings. The standard InChI is InChI=1S/C20H20N4O2/c1-14-2-4-15(5-3-14)12-23(17-6-7-17)19(25)13-24-20(26)18-11-21-9-8-16(18)10-22-24/h2-5,8-11,17H,6-7,12-13H2,1H3. The van der Waals surface area contributed by atoms with Gasteiger partial charge in [-0.05, 0) is 31.4 Å². The summed E-state index contributed by atoms with van der Waals surface area (Å²) in [6, 6.07) is 10.2. The number of pyridine rings is 1. The van der Waals surface area contributed by atoms with Crippen molar-refractivity contribution in [3.8, 4) is 0 Å². The molecule has 6 heteroatoms. The molecule has 1 aromatic carbocycles. The van der Waals surface area contributed by atoms with E-state index in [0.717, 1.165) is 23.8 Å². The molecular weight excluding hydrogens is 328 g/mol. The molecule has 26 heavy (non-hydrogen) atoms. The van der Waals surface area contributed by atoms with Crippen molar-refractivity contribution < 1.29 is 4.79 Å². The molecule has 1 saturated carbocycles. The molecule has 0 N–H and O–H groups in total. The van der Waals surface area contributed by atoms with E-state index in [0.29, 0.717) is 11.9 Å². The Labute approximate surface area is 151 Å². The van der Waals surface area contributed by atoms with Crippen LogP contribution in [0.15, 0.2) is 53.7 Å². The Bertz CT molecular complexity index is 1010. The molecule has 3 aromatic rings. The van der Waals surface area contributed by atoms with Gasteiger partial charge >= 0.3 is 0 Å². The molecule has 2 aromatic heterocycles. The number of benzene rings is 1. The van der Waals surface area contributed by atoms with Crippen LogP contribution < -0.4 is 5.56 Å². The fourth-order valence-corrected chi connectivity index (χ4v) is 3.05. The van der Waals surface area contributed by atoms with Crippen molar-refractivity contribution in [3.63, 3.8) is 0 Å². The van der Waals surface area contributed by atoms with Crippen LogP contribution in [0.3, 0.4) is 0 Å². The van der Waals surface area contributed by atoms with Crippen LogP contribution in [0, 0.1) is 6.92 Å². The highest BCUT2D eigenvalue weighted by molar-refractivity contribution is 5.80. The monoisotopic (exact) mass is 348 g/mol. The molecule has 1 amide bonds. The quantitative estimate of drug-likeness (QED) is 0.709. The van der Waals surface area contributed by atoms with Crippen LogP contribution in [0.25, 0.3) is 10.8 Å². The molecule has 1 aliphatic carbocycles. The number of fused-ring (bicyclic) bond motifs is 1. The third-order valence-corrected chi connectivity index (χ3v) is 4.72. The summed E-state index contributed by atoms with van der Waals surface area (Å²) in [7, 11) is 0. The first-order chi connectivity index (χ1) is 12.6. The number of carbonyl (C=O) groups is 1. The highest BCUT2D eigenvalue weighted by Crippen LogP contribution is 2.28. The molecule has 6 nitrogen and oxygen atoms in total. The Balaban J connectivity index is 1.56. The van der Waals surface area contributed by atoms with Crippen LogP contribution in [0.4, 0.5) is 0 Å². The molecule has 0 atom stereocenters. The maximum Gasteiger partial charge on any atom is 0.276 e.